The number of methoxy groups -OCH3 is 2. The molecule has 0 saturated heterocycles. The third kappa shape index (κ3) is 1.55. The van der Waals surface area contributed by atoms with Crippen LogP contribution in [0.3, 0.4) is 0 Å². The van der Waals surface area contributed by atoms with E-state index in [0.29, 0.717) is 11.7 Å². The van der Waals surface area contributed by atoms with E-state index < -0.39 is 5.79 Å². The molecule has 0 aromatic rings. The van der Waals surface area contributed by atoms with Crippen LogP contribution in [-0.4, -0.2) is 31.8 Å². The first-order chi connectivity index (χ1) is 6.60. The Bertz CT molecular complexity index is 256. The Balaban J connectivity index is 2.72. The molecule has 0 bridgehead atoms. The van der Waals surface area contributed by atoms with Gasteiger partial charge in [0.15, 0.2) is 0 Å². The molecule has 0 amide bonds. The van der Waals surface area contributed by atoms with E-state index in [-0.39, 0.29) is 5.78 Å². The predicted molar refractivity (Wildman–Crippen MR) is 52.7 cm³/mol. The van der Waals surface area contributed by atoms with Gasteiger partial charge >= 0.3 is 0 Å². The van der Waals surface area contributed by atoms with Crippen molar-refractivity contribution in [1.29, 1.82) is 0 Å². The minimum Gasteiger partial charge on any atom is -0.381 e. The van der Waals surface area contributed by atoms with Gasteiger partial charge in [-0.15, -0.1) is 0 Å². The van der Waals surface area contributed by atoms with Crippen LogP contribution in [-0.2, 0) is 14.3 Å². The van der Waals surface area contributed by atoms with Gasteiger partial charge in [0.05, 0.1) is 5.70 Å². The number of hydrogen-bond donors (Lipinski definition) is 1. The molecule has 0 fully saturated rings. The zero-order valence-corrected chi connectivity index (χ0v) is 9.09. The monoisotopic (exact) mass is 199 g/mol. The fourth-order valence-electron chi connectivity index (χ4n) is 1.38. The van der Waals surface area contributed by atoms with E-state index in [4.69, 9.17) is 9.47 Å². The third-order valence-corrected chi connectivity index (χ3v) is 2.54. The molecule has 0 saturated carbocycles. The first-order valence-corrected chi connectivity index (χ1v) is 4.74. The second-order valence-corrected chi connectivity index (χ2v) is 3.40. The van der Waals surface area contributed by atoms with Crippen LogP contribution in [0.2, 0.25) is 0 Å². The van der Waals surface area contributed by atoms with Crippen LogP contribution in [0, 0.1) is 0 Å². The van der Waals surface area contributed by atoms with E-state index in [9.17, 15) is 4.79 Å². The minimum atomic E-state index is -1.18. The quantitative estimate of drug-likeness (QED) is 0.666. The molecule has 1 atom stereocenters. The standard InChI is InChI=1S/C10H17NO3/c1-5-7(2)11-8-6-9(12)10(8,13-3)14-4/h6-7,11H,5H2,1-4H3. The van der Waals surface area contributed by atoms with E-state index in [1.807, 2.05) is 6.92 Å². The highest BCUT2D eigenvalue weighted by molar-refractivity contribution is 6.06. The van der Waals surface area contributed by atoms with Crippen molar-refractivity contribution in [3.8, 4) is 0 Å². The van der Waals surface area contributed by atoms with Crippen LogP contribution < -0.4 is 5.32 Å². The number of hydrogen-bond acceptors (Lipinski definition) is 4. The number of carbonyl (C=O) groups is 1. The molecule has 1 unspecified atom stereocenters. The summed E-state index contributed by atoms with van der Waals surface area (Å²) in [5.74, 6) is -1.32. The summed E-state index contributed by atoms with van der Waals surface area (Å²) in [7, 11) is 2.93. The maximum Gasteiger partial charge on any atom is 0.275 e. The van der Waals surface area contributed by atoms with E-state index in [1.165, 1.54) is 20.3 Å². The van der Waals surface area contributed by atoms with Gasteiger partial charge in [0.25, 0.3) is 5.79 Å². The number of ketones is 1. The Morgan fingerprint density at radius 3 is 2.43 bits per heavy atom. The maximum atomic E-state index is 11.3. The van der Waals surface area contributed by atoms with Crippen LogP contribution in [0.1, 0.15) is 20.3 Å². The zero-order valence-electron chi connectivity index (χ0n) is 9.09. The fourth-order valence-corrected chi connectivity index (χ4v) is 1.38. The summed E-state index contributed by atoms with van der Waals surface area (Å²) in [4.78, 5) is 11.3. The maximum absolute atomic E-state index is 11.3. The molecular formula is C10H17NO3. The molecule has 80 valence electrons. The van der Waals surface area contributed by atoms with Gasteiger partial charge in [0, 0.05) is 26.3 Å². The van der Waals surface area contributed by atoms with Crippen molar-refractivity contribution in [2.75, 3.05) is 14.2 Å². The van der Waals surface area contributed by atoms with E-state index in [2.05, 4.69) is 12.2 Å². The molecule has 4 heteroatoms. The average Bonchev–Trinajstić information content (AvgIpc) is 2.19. The second kappa shape index (κ2) is 4.11. The lowest BCUT2D eigenvalue weighted by molar-refractivity contribution is -0.196. The first kappa shape index (κ1) is 11.2. The van der Waals surface area contributed by atoms with E-state index in [0.717, 1.165) is 6.42 Å². The summed E-state index contributed by atoms with van der Waals surface area (Å²) < 4.78 is 10.2. The van der Waals surface area contributed by atoms with Crippen molar-refractivity contribution < 1.29 is 14.3 Å². The number of rotatable bonds is 5. The van der Waals surface area contributed by atoms with Gasteiger partial charge in [-0.25, -0.2) is 0 Å². The van der Waals surface area contributed by atoms with Crippen LogP contribution in [0.25, 0.3) is 0 Å². The second-order valence-electron chi connectivity index (χ2n) is 3.40. The molecular weight excluding hydrogens is 182 g/mol. The van der Waals surface area contributed by atoms with Crippen LogP contribution in [0.15, 0.2) is 11.8 Å². The summed E-state index contributed by atoms with van der Waals surface area (Å²) >= 11 is 0. The van der Waals surface area contributed by atoms with Gasteiger partial charge in [-0.1, -0.05) is 6.92 Å². The third-order valence-electron chi connectivity index (χ3n) is 2.54. The molecule has 1 rings (SSSR count). The lowest BCUT2D eigenvalue weighted by Gasteiger charge is -2.38. The molecule has 1 aliphatic rings. The van der Waals surface area contributed by atoms with Gasteiger partial charge in [0.1, 0.15) is 0 Å². The fraction of sp³-hybridized carbons (Fsp3) is 0.700. The molecule has 4 nitrogen and oxygen atoms in total. The summed E-state index contributed by atoms with van der Waals surface area (Å²) in [6, 6.07) is 0.305. The number of carbonyl (C=O) groups excluding carboxylic acids is 1. The highest BCUT2D eigenvalue weighted by atomic mass is 16.7. The number of ether oxygens (including phenoxy) is 2. The summed E-state index contributed by atoms with van der Waals surface area (Å²) in [5.41, 5.74) is 0.710. The molecule has 0 aromatic carbocycles. The van der Waals surface area contributed by atoms with Crippen LogP contribution >= 0.6 is 0 Å². The smallest absolute Gasteiger partial charge is 0.275 e. The van der Waals surface area contributed by atoms with Crippen molar-refractivity contribution in [2.24, 2.45) is 0 Å². The Hall–Kier alpha value is -0.870. The minimum absolute atomic E-state index is 0.145. The summed E-state index contributed by atoms with van der Waals surface area (Å²) in [6.07, 6.45) is 2.49. The van der Waals surface area contributed by atoms with Crippen molar-refractivity contribution >= 4 is 5.78 Å². The zero-order chi connectivity index (χ0) is 10.8. The summed E-state index contributed by atoms with van der Waals surface area (Å²) in [5, 5.41) is 3.18. The van der Waals surface area contributed by atoms with Gasteiger partial charge < -0.3 is 14.8 Å². The molecule has 0 aliphatic heterocycles. The number of nitrogens with one attached hydrogen (secondary N) is 1. The van der Waals surface area contributed by atoms with E-state index in [1.54, 1.807) is 0 Å². The Labute approximate surface area is 84.3 Å². The average molecular weight is 199 g/mol. The Morgan fingerprint density at radius 1 is 1.50 bits per heavy atom. The topological polar surface area (TPSA) is 47.6 Å². The van der Waals surface area contributed by atoms with Crippen molar-refractivity contribution in [3.63, 3.8) is 0 Å². The van der Waals surface area contributed by atoms with Crippen LogP contribution in [0.5, 0.6) is 0 Å². The highest BCUT2D eigenvalue weighted by Crippen LogP contribution is 2.31. The normalized spacial score (nSPS) is 21.1. The van der Waals surface area contributed by atoms with Crippen molar-refractivity contribution in [3.05, 3.63) is 11.8 Å². The molecule has 0 aromatic heterocycles. The van der Waals surface area contributed by atoms with Gasteiger partial charge in [0.2, 0.25) is 5.78 Å². The largest absolute Gasteiger partial charge is 0.381 e. The summed E-state index contributed by atoms with van der Waals surface area (Å²) in [6.45, 7) is 4.11. The lowest BCUT2D eigenvalue weighted by atomic mass is 9.94. The molecule has 0 spiro atoms. The molecule has 1 aliphatic carbocycles. The highest BCUT2D eigenvalue weighted by Gasteiger charge is 2.50. The molecule has 14 heavy (non-hydrogen) atoms. The molecule has 0 heterocycles. The lowest BCUT2D eigenvalue weighted by Crippen LogP contribution is -2.56. The van der Waals surface area contributed by atoms with Crippen molar-refractivity contribution in [1.82, 2.24) is 5.32 Å². The Morgan fingerprint density at radius 2 is 2.07 bits per heavy atom. The van der Waals surface area contributed by atoms with Gasteiger partial charge in [-0.2, -0.15) is 0 Å². The SMILES string of the molecule is CCC(C)NC1=CC(=O)C1(OC)OC. The first-order valence-electron chi connectivity index (χ1n) is 4.74. The van der Waals surface area contributed by atoms with Gasteiger partial charge in [-0.3, -0.25) is 4.79 Å². The molecule has 1 N–H and O–H groups in total. The van der Waals surface area contributed by atoms with Gasteiger partial charge in [-0.05, 0) is 13.3 Å². The molecule has 0 radical (unpaired) electrons. The van der Waals surface area contributed by atoms with Crippen LogP contribution in [0.4, 0.5) is 0 Å². The Kier molecular flexibility index (Phi) is 3.29. The predicted octanol–water partition coefficient (Wildman–Crippen LogP) is 0.830. The van der Waals surface area contributed by atoms with E-state index >= 15 is 0 Å². The van der Waals surface area contributed by atoms with Crippen molar-refractivity contribution in [2.45, 2.75) is 32.1 Å².